The van der Waals surface area contributed by atoms with Crippen LogP contribution in [0.15, 0.2) is 24.5 Å². The van der Waals surface area contributed by atoms with E-state index in [0.717, 1.165) is 44.5 Å². The Kier molecular flexibility index (Phi) is 5.92. The summed E-state index contributed by atoms with van der Waals surface area (Å²) in [5.41, 5.74) is 0.868. The normalized spacial score (nSPS) is 26.5. The number of pyridine rings is 1. The van der Waals surface area contributed by atoms with Crippen LogP contribution in [0.1, 0.15) is 44.2 Å². The highest BCUT2D eigenvalue weighted by Crippen LogP contribution is 2.40. The van der Waals surface area contributed by atoms with Gasteiger partial charge >= 0.3 is 0 Å². The Morgan fingerprint density at radius 1 is 1.29 bits per heavy atom. The van der Waals surface area contributed by atoms with Gasteiger partial charge in [-0.1, -0.05) is 6.07 Å². The molecule has 2 atom stereocenters. The topological polar surface area (TPSA) is 72.0 Å². The van der Waals surface area contributed by atoms with Crippen LogP contribution in [0, 0.1) is 5.92 Å². The van der Waals surface area contributed by atoms with Crippen molar-refractivity contribution >= 4 is 11.8 Å². The number of aromatic nitrogens is 1. The van der Waals surface area contributed by atoms with Gasteiger partial charge in [-0.2, -0.15) is 0 Å². The lowest BCUT2D eigenvalue weighted by atomic mass is 9.94. The third-order valence-electron chi connectivity index (χ3n) is 5.95. The minimum absolute atomic E-state index is 0.0122. The number of morpholine rings is 1. The van der Waals surface area contributed by atoms with Gasteiger partial charge in [0.05, 0.1) is 6.04 Å². The molecule has 1 aliphatic carbocycles. The zero-order valence-electron chi connectivity index (χ0n) is 16.5. The number of piperidine rings is 1. The summed E-state index contributed by atoms with van der Waals surface area (Å²) in [5.74, 6) is 0.465. The van der Waals surface area contributed by atoms with Crippen molar-refractivity contribution in [2.75, 3.05) is 32.9 Å². The molecule has 0 bridgehead atoms. The lowest BCUT2D eigenvalue weighted by Gasteiger charge is -2.43. The van der Waals surface area contributed by atoms with Gasteiger partial charge in [0.25, 0.3) is 5.91 Å². The maximum atomic E-state index is 13.4. The number of carbonyl (C=O) groups excluding carboxylic acids is 2. The second kappa shape index (κ2) is 8.57. The van der Waals surface area contributed by atoms with Gasteiger partial charge in [0.2, 0.25) is 5.91 Å². The van der Waals surface area contributed by atoms with E-state index in [1.165, 1.54) is 0 Å². The summed E-state index contributed by atoms with van der Waals surface area (Å²) in [4.78, 5) is 33.9. The second-order valence-electron chi connectivity index (χ2n) is 7.92. The third-order valence-corrected chi connectivity index (χ3v) is 5.95. The molecule has 7 heteroatoms. The van der Waals surface area contributed by atoms with Crippen LogP contribution in [0.25, 0.3) is 0 Å². The fraction of sp³-hybridized carbons (Fsp3) is 0.667. The second-order valence-corrected chi connectivity index (χ2v) is 7.92. The van der Waals surface area contributed by atoms with Crippen LogP contribution in [-0.4, -0.2) is 71.7 Å². The van der Waals surface area contributed by atoms with Crippen molar-refractivity contribution in [3.63, 3.8) is 0 Å². The van der Waals surface area contributed by atoms with Gasteiger partial charge in [-0.25, -0.2) is 0 Å². The van der Waals surface area contributed by atoms with Crippen LogP contribution < -0.4 is 0 Å². The van der Waals surface area contributed by atoms with Crippen molar-refractivity contribution in [1.29, 1.82) is 0 Å². The van der Waals surface area contributed by atoms with Gasteiger partial charge in [0.15, 0.2) is 6.10 Å². The number of ether oxygens (including phenoxy) is 2. The summed E-state index contributed by atoms with van der Waals surface area (Å²) in [6.45, 7) is 4.91. The smallest absolute Gasteiger partial charge is 0.254 e. The predicted octanol–water partition coefficient (Wildman–Crippen LogP) is 1.79. The van der Waals surface area contributed by atoms with Gasteiger partial charge in [0.1, 0.15) is 6.61 Å². The Bertz CT molecular complexity index is 686. The molecule has 1 saturated carbocycles. The maximum Gasteiger partial charge on any atom is 0.254 e. The molecule has 0 N–H and O–H groups in total. The van der Waals surface area contributed by atoms with Crippen molar-refractivity contribution in [2.24, 2.45) is 5.92 Å². The van der Waals surface area contributed by atoms with E-state index in [2.05, 4.69) is 4.98 Å². The van der Waals surface area contributed by atoms with Crippen LogP contribution in [0.4, 0.5) is 0 Å². The van der Waals surface area contributed by atoms with Crippen LogP contribution in [0.2, 0.25) is 0 Å². The predicted molar refractivity (Wildman–Crippen MR) is 102 cm³/mol. The number of hydrogen-bond acceptors (Lipinski definition) is 5. The number of likely N-dealkylation sites (tertiary alicyclic amines) is 1. The lowest BCUT2D eigenvalue weighted by molar-refractivity contribution is -0.171. The van der Waals surface area contributed by atoms with Gasteiger partial charge in [-0.05, 0) is 50.2 Å². The van der Waals surface area contributed by atoms with E-state index in [1.54, 1.807) is 12.4 Å². The third kappa shape index (κ3) is 4.05. The number of carbonyl (C=O) groups is 2. The quantitative estimate of drug-likeness (QED) is 0.744. The molecule has 2 amide bonds. The summed E-state index contributed by atoms with van der Waals surface area (Å²) in [6.07, 6.45) is 6.67. The SMILES string of the molecule is CCOCC1CCN(C(=O)C2OCC(=O)N(C3CC3)C2c2cccnc2)CC1. The Balaban J connectivity index is 1.50. The summed E-state index contributed by atoms with van der Waals surface area (Å²) in [5, 5.41) is 0. The Morgan fingerprint density at radius 3 is 2.71 bits per heavy atom. The molecule has 28 heavy (non-hydrogen) atoms. The summed E-state index contributed by atoms with van der Waals surface area (Å²) in [6, 6.07) is 3.61. The molecule has 3 aliphatic rings. The first kappa shape index (κ1) is 19.3. The Morgan fingerprint density at radius 2 is 2.07 bits per heavy atom. The molecule has 2 unspecified atom stereocenters. The molecular weight excluding hydrogens is 358 g/mol. The van der Waals surface area contributed by atoms with E-state index in [0.29, 0.717) is 19.0 Å². The maximum absolute atomic E-state index is 13.4. The van der Waals surface area contributed by atoms with Crippen LogP contribution >= 0.6 is 0 Å². The highest BCUT2D eigenvalue weighted by atomic mass is 16.5. The van der Waals surface area contributed by atoms with E-state index < -0.39 is 12.1 Å². The average Bonchev–Trinajstić information content (AvgIpc) is 3.57. The van der Waals surface area contributed by atoms with Crippen molar-refractivity contribution in [1.82, 2.24) is 14.8 Å². The Labute approximate surface area is 166 Å². The minimum atomic E-state index is -0.661. The minimum Gasteiger partial charge on any atom is -0.381 e. The zero-order chi connectivity index (χ0) is 19.5. The molecule has 152 valence electrons. The molecule has 7 nitrogen and oxygen atoms in total. The van der Waals surface area contributed by atoms with Gasteiger partial charge in [-0.3, -0.25) is 14.6 Å². The molecule has 0 radical (unpaired) electrons. The fourth-order valence-electron chi connectivity index (χ4n) is 4.29. The monoisotopic (exact) mass is 387 g/mol. The van der Waals surface area contributed by atoms with Crippen molar-refractivity contribution in [2.45, 2.75) is 50.8 Å². The molecule has 3 fully saturated rings. The molecule has 0 spiro atoms. The zero-order valence-corrected chi connectivity index (χ0v) is 16.5. The van der Waals surface area contributed by atoms with Crippen molar-refractivity contribution in [3.05, 3.63) is 30.1 Å². The lowest BCUT2D eigenvalue weighted by Crippen LogP contribution is -2.56. The molecule has 3 heterocycles. The molecule has 2 saturated heterocycles. The van der Waals surface area contributed by atoms with E-state index >= 15 is 0 Å². The van der Waals surface area contributed by atoms with Crippen molar-refractivity contribution in [3.8, 4) is 0 Å². The molecule has 1 aromatic heterocycles. The highest BCUT2D eigenvalue weighted by molar-refractivity contribution is 5.87. The van der Waals surface area contributed by atoms with Crippen LogP contribution in [0.3, 0.4) is 0 Å². The first-order valence-corrected chi connectivity index (χ1v) is 10.4. The number of nitrogens with zero attached hydrogens (tertiary/aromatic N) is 3. The average molecular weight is 387 g/mol. The van der Waals surface area contributed by atoms with E-state index in [-0.39, 0.29) is 24.5 Å². The number of amides is 2. The standard InChI is InChI=1S/C21H29N3O4/c1-2-27-13-15-7-10-23(11-8-15)21(26)20-19(16-4-3-9-22-12-16)24(17-5-6-17)18(25)14-28-20/h3-4,9,12,15,17,19-20H,2,5-8,10-11,13-14H2,1H3. The summed E-state index contributed by atoms with van der Waals surface area (Å²) in [7, 11) is 0. The van der Waals surface area contributed by atoms with Crippen LogP contribution in [0.5, 0.6) is 0 Å². The molecule has 2 aliphatic heterocycles. The Hall–Kier alpha value is -1.99. The first-order chi connectivity index (χ1) is 13.7. The van der Waals surface area contributed by atoms with Gasteiger partial charge in [0, 0.05) is 44.7 Å². The van der Waals surface area contributed by atoms with E-state index in [1.807, 2.05) is 28.9 Å². The largest absolute Gasteiger partial charge is 0.381 e. The fourth-order valence-corrected chi connectivity index (χ4v) is 4.29. The highest BCUT2D eigenvalue weighted by Gasteiger charge is 2.48. The molecule has 1 aromatic rings. The van der Waals surface area contributed by atoms with Gasteiger partial charge in [-0.15, -0.1) is 0 Å². The molecule has 0 aromatic carbocycles. The molecular formula is C21H29N3O4. The van der Waals surface area contributed by atoms with E-state index in [9.17, 15) is 9.59 Å². The van der Waals surface area contributed by atoms with E-state index in [4.69, 9.17) is 9.47 Å². The number of hydrogen-bond donors (Lipinski definition) is 0. The molecule has 4 rings (SSSR count). The van der Waals surface area contributed by atoms with Crippen molar-refractivity contribution < 1.29 is 19.1 Å². The van der Waals surface area contributed by atoms with Crippen LogP contribution in [-0.2, 0) is 19.1 Å². The summed E-state index contributed by atoms with van der Waals surface area (Å²) >= 11 is 0. The number of rotatable bonds is 6. The summed E-state index contributed by atoms with van der Waals surface area (Å²) < 4.78 is 11.4. The first-order valence-electron chi connectivity index (χ1n) is 10.4. The van der Waals surface area contributed by atoms with Gasteiger partial charge < -0.3 is 19.3 Å².